The average molecular weight is 338 g/mol. The fourth-order valence-corrected chi connectivity index (χ4v) is 2.64. The average Bonchev–Trinajstić information content (AvgIpc) is 2.41. The van der Waals surface area contributed by atoms with E-state index in [0.717, 1.165) is 38.5 Å². The molecule has 0 aromatic heterocycles. The van der Waals surface area contributed by atoms with Crippen LogP contribution in [-0.2, 0) is 18.7 Å². The van der Waals surface area contributed by atoms with Gasteiger partial charge in [-0.05, 0) is 24.7 Å². The predicted octanol–water partition coefficient (Wildman–Crippen LogP) is 5.48. The Morgan fingerprint density at radius 2 is 1.32 bits per heavy atom. The van der Waals surface area contributed by atoms with Gasteiger partial charge in [-0.15, -0.1) is 4.67 Å². The van der Waals surface area contributed by atoms with Crippen LogP contribution < -0.4 is 0 Å². The Morgan fingerprint density at radius 3 is 1.82 bits per heavy atom. The van der Waals surface area contributed by atoms with Gasteiger partial charge in [-0.2, -0.15) is 0 Å². The molecule has 22 heavy (non-hydrogen) atoms. The van der Waals surface area contributed by atoms with Crippen molar-refractivity contribution in [2.75, 3.05) is 13.2 Å². The van der Waals surface area contributed by atoms with Crippen LogP contribution in [0.3, 0.4) is 0 Å². The summed E-state index contributed by atoms with van der Waals surface area (Å²) in [4.78, 5) is 14.2. The molecule has 5 nitrogen and oxygen atoms in total. The van der Waals surface area contributed by atoms with Crippen LogP contribution in [0.5, 0.6) is 0 Å². The Kier molecular flexibility index (Phi) is 13.5. The van der Waals surface area contributed by atoms with Crippen molar-refractivity contribution in [1.82, 2.24) is 0 Å². The lowest BCUT2D eigenvalue weighted by Crippen LogP contribution is -2.00. The summed E-state index contributed by atoms with van der Waals surface area (Å²) < 4.78 is 20.9. The van der Waals surface area contributed by atoms with Gasteiger partial charge in [-0.3, -0.25) is 4.52 Å². The molecule has 0 fully saturated rings. The third-order valence-corrected chi connectivity index (χ3v) is 4.14. The number of unbranched alkanes of at least 4 members (excludes halogenated alkanes) is 4. The Labute approximate surface area is 136 Å². The lowest BCUT2D eigenvalue weighted by Gasteiger charge is -2.11. The minimum Gasteiger partial charge on any atom is -0.301 e. The highest BCUT2D eigenvalue weighted by Crippen LogP contribution is 2.43. The standard InChI is InChI=1S/C16H35O5P/c1-15(2)11-7-5-9-13-19-21-22(17,18)20-14-10-6-8-12-16(3)4/h15-16H,5-14H2,1-4H3,(H,17,18). The second-order valence-corrected chi connectivity index (χ2v) is 8.03. The fourth-order valence-electron chi connectivity index (χ4n) is 2.03. The van der Waals surface area contributed by atoms with E-state index in [1.807, 2.05) is 0 Å². The highest BCUT2D eigenvalue weighted by Gasteiger charge is 2.22. The van der Waals surface area contributed by atoms with Crippen molar-refractivity contribution in [3.63, 3.8) is 0 Å². The van der Waals surface area contributed by atoms with Gasteiger partial charge in [-0.25, -0.2) is 9.45 Å². The number of rotatable bonds is 15. The Balaban J connectivity index is 3.43. The second kappa shape index (κ2) is 13.5. The molecule has 0 radical (unpaired) electrons. The van der Waals surface area contributed by atoms with Crippen LogP contribution in [0.15, 0.2) is 0 Å². The normalized spacial score (nSPS) is 14.7. The van der Waals surface area contributed by atoms with E-state index in [2.05, 4.69) is 32.4 Å². The van der Waals surface area contributed by atoms with Crippen LogP contribution in [-0.4, -0.2) is 18.1 Å². The summed E-state index contributed by atoms with van der Waals surface area (Å²) in [5, 5.41) is 0. The maximum atomic E-state index is 11.5. The highest BCUT2D eigenvalue weighted by atomic mass is 31.2. The molecule has 1 N–H and O–H groups in total. The van der Waals surface area contributed by atoms with Crippen LogP contribution >= 0.6 is 7.82 Å². The van der Waals surface area contributed by atoms with Crippen molar-refractivity contribution in [3.8, 4) is 0 Å². The van der Waals surface area contributed by atoms with Crippen LogP contribution in [0.1, 0.15) is 79.1 Å². The first-order valence-electron chi connectivity index (χ1n) is 8.62. The molecule has 134 valence electrons. The van der Waals surface area contributed by atoms with Crippen LogP contribution in [0.4, 0.5) is 0 Å². The van der Waals surface area contributed by atoms with E-state index in [1.54, 1.807) is 0 Å². The first-order chi connectivity index (χ1) is 10.3. The van der Waals surface area contributed by atoms with Gasteiger partial charge in [0.2, 0.25) is 0 Å². The third kappa shape index (κ3) is 16.4. The zero-order valence-electron chi connectivity index (χ0n) is 14.8. The third-order valence-electron chi connectivity index (χ3n) is 3.34. The van der Waals surface area contributed by atoms with Crippen LogP contribution in [0.2, 0.25) is 0 Å². The van der Waals surface area contributed by atoms with Gasteiger partial charge in [0, 0.05) is 0 Å². The van der Waals surface area contributed by atoms with Gasteiger partial charge < -0.3 is 4.89 Å². The summed E-state index contributed by atoms with van der Waals surface area (Å²) >= 11 is 0. The van der Waals surface area contributed by atoms with Gasteiger partial charge in [0.15, 0.2) is 0 Å². The lowest BCUT2D eigenvalue weighted by molar-refractivity contribution is -0.225. The van der Waals surface area contributed by atoms with E-state index in [1.165, 1.54) is 12.8 Å². The molecular formula is C16H35O5P. The van der Waals surface area contributed by atoms with E-state index in [9.17, 15) is 9.46 Å². The number of phosphoric acid groups is 1. The molecular weight excluding hydrogens is 303 g/mol. The first-order valence-corrected chi connectivity index (χ1v) is 10.1. The molecule has 1 atom stereocenters. The molecule has 0 spiro atoms. The molecule has 0 aliphatic carbocycles. The molecule has 0 bridgehead atoms. The molecule has 6 heteroatoms. The van der Waals surface area contributed by atoms with Crippen LogP contribution in [0, 0.1) is 11.8 Å². The van der Waals surface area contributed by atoms with Crippen molar-refractivity contribution >= 4 is 7.82 Å². The zero-order chi connectivity index (χ0) is 16.8. The number of hydrogen-bond acceptors (Lipinski definition) is 4. The minimum atomic E-state index is -4.05. The summed E-state index contributed by atoms with van der Waals surface area (Å²) in [7, 11) is -4.05. The molecule has 0 aliphatic rings. The first kappa shape index (κ1) is 22.1. The highest BCUT2D eigenvalue weighted by molar-refractivity contribution is 7.47. The molecule has 0 aliphatic heterocycles. The smallest absolute Gasteiger partial charge is 0.301 e. The summed E-state index contributed by atoms with van der Waals surface area (Å²) in [6.45, 7) is 9.31. The zero-order valence-corrected chi connectivity index (χ0v) is 15.6. The molecule has 0 aromatic carbocycles. The van der Waals surface area contributed by atoms with E-state index >= 15 is 0 Å². The Bertz CT molecular complexity index is 294. The van der Waals surface area contributed by atoms with Crippen LogP contribution in [0.25, 0.3) is 0 Å². The summed E-state index contributed by atoms with van der Waals surface area (Å²) in [6, 6.07) is 0. The molecule has 1 unspecified atom stereocenters. The fraction of sp³-hybridized carbons (Fsp3) is 1.00. The molecule has 0 saturated heterocycles. The molecule has 0 amide bonds. The van der Waals surface area contributed by atoms with E-state index in [-0.39, 0.29) is 6.61 Å². The monoisotopic (exact) mass is 338 g/mol. The molecule has 0 rings (SSSR count). The van der Waals surface area contributed by atoms with Crippen molar-refractivity contribution < 1.29 is 23.5 Å². The molecule has 0 saturated carbocycles. The molecule has 0 heterocycles. The SMILES string of the molecule is CC(C)CCCCCOOP(=O)(O)OCCCCCC(C)C. The van der Waals surface area contributed by atoms with Crippen molar-refractivity contribution in [1.29, 1.82) is 0 Å². The van der Waals surface area contributed by atoms with Gasteiger partial charge in [0.25, 0.3) is 0 Å². The minimum absolute atomic E-state index is 0.226. The van der Waals surface area contributed by atoms with Crippen molar-refractivity contribution in [2.45, 2.75) is 79.1 Å². The van der Waals surface area contributed by atoms with E-state index in [4.69, 9.17) is 9.41 Å². The van der Waals surface area contributed by atoms with Gasteiger partial charge in [0.1, 0.15) is 0 Å². The summed E-state index contributed by atoms with van der Waals surface area (Å²) in [6.07, 6.45) is 8.24. The Hall–Kier alpha value is 0.0700. The van der Waals surface area contributed by atoms with E-state index < -0.39 is 7.82 Å². The predicted molar refractivity (Wildman–Crippen MR) is 89.4 cm³/mol. The van der Waals surface area contributed by atoms with Gasteiger partial charge in [0.05, 0.1) is 13.2 Å². The maximum absolute atomic E-state index is 11.5. The lowest BCUT2D eigenvalue weighted by atomic mass is 10.1. The Morgan fingerprint density at radius 1 is 0.818 bits per heavy atom. The van der Waals surface area contributed by atoms with Crippen molar-refractivity contribution in [3.05, 3.63) is 0 Å². The van der Waals surface area contributed by atoms with E-state index in [0.29, 0.717) is 18.4 Å². The molecule has 0 aromatic rings. The quantitative estimate of drug-likeness (QED) is 0.185. The summed E-state index contributed by atoms with van der Waals surface area (Å²) in [5.41, 5.74) is 0. The second-order valence-electron chi connectivity index (χ2n) is 6.68. The van der Waals surface area contributed by atoms with Crippen molar-refractivity contribution in [2.24, 2.45) is 11.8 Å². The summed E-state index contributed by atoms with van der Waals surface area (Å²) in [5.74, 6) is 1.41. The number of hydrogen-bond donors (Lipinski definition) is 1. The van der Waals surface area contributed by atoms with Gasteiger partial charge in [-0.1, -0.05) is 66.2 Å². The maximum Gasteiger partial charge on any atom is 0.499 e. The largest absolute Gasteiger partial charge is 0.499 e. The topological polar surface area (TPSA) is 65.0 Å². The number of phosphoric ester groups is 1. The van der Waals surface area contributed by atoms with Gasteiger partial charge >= 0.3 is 7.82 Å².